The summed E-state index contributed by atoms with van der Waals surface area (Å²) in [7, 11) is 0. The summed E-state index contributed by atoms with van der Waals surface area (Å²) in [4.78, 5) is 27.1. The van der Waals surface area contributed by atoms with Crippen LogP contribution in [0.15, 0.2) is 71.7 Å². The van der Waals surface area contributed by atoms with Gasteiger partial charge in [0.15, 0.2) is 0 Å². The third-order valence-electron chi connectivity index (χ3n) is 4.44. The Kier molecular flexibility index (Phi) is 5.77. The number of carbonyl (C=O) groups excluding carboxylic acids is 1. The minimum Gasteiger partial charge on any atom is -0.310 e. The lowest BCUT2D eigenvalue weighted by Crippen LogP contribution is -2.32. The fourth-order valence-electron chi connectivity index (χ4n) is 3.06. The predicted molar refractivity (Wildman–Crippen MR) is 110 cm³/mol. The van der Waals surface area contributed by atoms with Gasteiger partial charge in [-0.25, -0.2) is 0 Å². The van der Waals surface area contributed by atoms with E-state index < -0.39 is 0 Å². The van der Waals surface area contributed by atoms with E-state index in [4.69, 9.17) is 11.6 Å². The van der Waals surface area contributed by atoms with Crippen molar-refractivity contribution in [3.05, 3.63) is 98.9 Å². The van der Waals surface area contributed by atoms with E-state index in [0.717, 1.165) is 16.8 Å². The summed E-state index contributed by atoms with van der Waals surface area (Å²) in [6.07, 6.45) is 1.62. The van der Waals surface area contributed by atoms with Gasteiger partial charge in [0, 0.05) is 29.5 Å². The first-order valence-electron chi connectivity index (χ1n) is 8.82. The Bertz CT molecular complexity index is 1030. The molecule has 0 saturated carbocycles. The number of aryl methyl sites for hydroxylation is 1. The maximum Gasteiger partial charge on any atom is 0.259 e. The summed E-state index contributed by atoms with van der Waals surface area (Å²) in [6, 6.07) is 18.1. The first-order chi connectivity index (χ1) is 13.0. The van der Waals surface area contributed by atoms with Crippen LogP contribution >= 0.6 is 11.6 Å². The van der Waals surface area contributed by atoms with E-state index in [1.807, 2.05) is 56.3 Å². The van der Waals surface area contributed by atoms with Crippen molar-refractivity contribution in [2.45, 2.75) is 20.4 Å². The Morgan fingerprint density at radius 1 is 1.07 bits per heavy atom. The molecule has 0 spiro atoms. The number of hydrogen-bond acceptors (Lipinski definition) is 2. The van der Waals surface area contributed by atoms with E-state index in [1.54, 1.807) is 23.2 Å². The topological polar surface area (TPSA) is 42.3 Å². The molecule has 1 heterocycles. The fourth-order valence-corrected chi connectivity index (χ4v) is 3.27. The predicted octanol–water partition coefficient (Wildman–Crippen LogP) is 4.53. The summed E-state index contributed by atoms with van der Waals surface area (Å²) in [5.41, 5.74) is 3.12. The van der Waals surface area contributed by atoms with Crippen molar-refractivity contribution < 1.29 is 4.79 Å². The van der Waals surface area contributed by atoms with Crippen LogP contribution in [-0.4, -0.2) is 17.0 Å². The molecular formula is C22H21ClN2O2. The van der Waals surface area contributed by atoms with Gasteiger partial charge >= 0.3 is 0 Å². The molecule has 3 rings (SSSR count). The molecule has 4 nitrogen and oxygen atoms in total. The van der Waals surface area contributed by atoms with E-state index in [9.17, 15) is 9.59 Å². The maximum absolute atomic E-state index is 13.1. The maximum atomic E-state index is 13.1. The van der Waals surface area contributed by atoms with Crippen molar-refractivity contribution in [3.63, 3.8) is 0 Å². The summed E-state index contributed by atoms with van der Waals surface area (Å²) in [5, 5.41) is 0.615. The minimum absolute atomic E-state index is 0.133. The van der Waals surface area contributed by atoms with E-state index in [2.05, 4.69) is 0 Å². The Hall–Kier alpha value is -2.85. The van der Waals surface area contributed by atoms with Crippen LogP contribution in [0.25, 0.3) is 0 Å². The molecule has 27 heavy (non-hydrogen) atoms. The number of amides is 1. The molecule has 3 aromatic rings. The summed E-state index contributed by atoms with van der Waals surface area (Å²) in [5.74, 6) is -0.133. The van der Waals surface area contributed by atoms with Crippen LogP contribution in [-0.2, 0) is 6.54 Å². The number of anilines is 1. The Morgan fingerprint density at radius 2 is 1.85 bits per heavy atom. The number of halogens is 1. The van der Waals surface area contributed by atoms with Crippen LogP contribution in [0.1, 0.15) is 28.4 Å². The lowest BCUT2D eigenvalue weighted by atomic mass is 10.1. The molecule has 0 aliphatic rings. The van der Waals surface area contributed by atoms with E-state index >= 15 is 0 Å². The molecule has 0 fully saturated rings. The van der Waals surface area contributed by atoms with Gasteiger partial charge < -0.3 is 9.47 Å². The normalized spacial score (nSPS) is 10.6. The van der Waals surface area contributed by atoms with Crippen LogP contribution in [0.2, 0.25) is 5.02 Å². The highest BCUT2D eigenvalue weighted by Crippen LogP contribution is 2.21. The zero-order valence-corrected chi connectivity index (χ0v) is 16.1. The van der Waals surface area contributed by atoms with Crippen LogP contribution in [0.5, 0.6) is 0 Å². The minimum atomic E-state index is -0.162. The quantitative estimate of drug-likeness (QED) is 0.652. The van der Waals surface area contributed by atoms with Gasteiger partial charge in [-0.2, -0.15) is 0 Å². The second-order valence-electron chi connectivity index (χ2n) is 6.35. The molecule has 0 bridgehead atoms. The highest BCUT2D eigenvalue weighted by atomic mass is 35.5. The zero-order valence-electron chi connectivity index (χ0n) is 15.4. The summed E-state index contributed by atoms with van der Waals surface area (Å²) < 4.78 is 1.53. The van der Waals surface area contributed by atoms with Gasteiger partial charge in [0.2, 0.25) is 0 Å². The molecule has 0 atom stereocenters. The fraction of sp³-hybridized carbons (Fsp3) is 0.182. The average Bonchev–Trinajstić information content (AvgIpc) is 2.65. The van der Waals surface area contributed by atoms with Crippen LogP contribution in [0.3, 0.4) is 0 Å². The van der Waals surface area contributed by atoms with Crippen LogP contribution in [0.4, 0.5) is 5.69 Å². The Morgan fingerprint density at radius 3 is 2.56 bits per heavy atom. The highest BCUT2D eigenvalue weighted by Gasteiger charge is 2.18. The molecular weight excluding hydrogens is 360 g/mol. The molecule has 0 N–H and O–H groups in total. The monoisotopic (exact) mass is 380 g/mol. The van der Waals surface area contributed by atoms with E-state index in [0.29, 0.717) is 23.7 Å². The Balaban J connectivity index is 1.93. The lowest BCUT2D eigenvalue weighted by molar-refractivity contribution is 0.0987. The summed E-state index contributed by atoms with van der Waals surface area (Å²) in [6.45, 7) is 4.81. The van der Waals surface area contributed by atoms with Gasteiger partial charge in [-0.05, 0) is 49.2 Å². The van der Waals surface area contributed by atoms with Crippen molar-refractivity contribution >= 4 is 23.2 Å². The number of carbonyl (C=O) groups is 1. The van der Waals surface area contributed by atoms with Gasteiger partial charge in [0.05, 0.1) is 12.1 Å². The molecule has 0 saturated heterocycles. The molecule has 0 radical (unpaired) electrons. The third kappa shape index (κ3) is 4.29. The zero-order chi connectivity index (χ0) is 19.4. The number of aromatic nitrogens is 1. The number of nitrogens with zero attached hydrogens (tertiary/aromatic N) is 2. The highest BCUT2D eigenvalue weighted by molar-refractivity contribution is 6.30. The van der Waals surface area contributed by atoms with Crippen molar-refractivity contribution in [2.75, 3.05) is 11.4 Å². The van der Waals surface area contributed by atoms with Crippen LogP contribution < -0.4 is 10.5 Å². The second-order valence-corrected chi connectivity index (χ2v) is 6.79. The summed E-state index contributed by atoms with van der Waals surface area (Å²) >= 11 is 6.03. The van der Waals surface area contributed by atoms with Gasteiger partial charge in [-0.15, -0.1) is 0 Å². The molecule has 2 aromatic carbocycles. The number of benzene rings is 2. The molecule has 1 amide bonds. The standard InChI is InChI=1S/C22H21ClN2O2/c1-3-25(20-10-5-4-7-16(20)2)22(27)18-11-12-21(26)24(15-18)14-17-8-6-9-19(23)13-17/h4-13,15H,3,14H2,1-2H3. The van der Waals surface area contributed by atoms with Crippen LogP contribution in [0, 0.1) is 6.92 Å². The molecule has 5 heteroatoms. The van der Waals surface area contributed by atoms with Gasteiger partial charge in [-0.3, -0.25) is 9.59 Å². The Labute approximate surface area is 163 Å². The number of para-hydroxylation sites is 1. The van der Waals surface area contributed by atoms with Crippen molar-refractivity contribution in [2.24, 2.45) is 0 Å². The van der Waals surface area contributed by atoms with Gasteiger partial charge in [0.1, 0.15) is 0 Å². The van der Waals surface area contributed by atoms with Gasteiger partial charge in [-0.1, -0.05) is 41.9 Å². The lowest BCUT2D eigenvalue weighted by Gasteiger charge is -2.23. The SMILES string of the molecule is CCN(C(=O)c1ccc(=O)n(Cc2cccc(Cl)c2)c1)c1ccccc1C. The van der Waals surface area contributed by atoms with Crippen molar-refractivity contribution in [1.29, 1.82) is 0 Å². The van der Waals surface area contributed by atoms with E-state index in [1.165, 1.54) is 10.6 Å². The molecule has 0 aliphatic carbocycles. The smallest absolute Gasteiger partial charge is 0.259 e. The van der Waals surface area contributed by atoms with Crippen molar-refractivity contribution in [3.8, 4) is 0 Å². The van der Waals surface area contributed by atoms with E-state index in [-0.39, 0.29) is 11.5 Å². The third-order valence-corrected chi connectivity index (χ3v) is 4.68. The molecule has 138 valence electrons. The number of pyridine rings is 1. The first-order valence-corrected chi connectivity index (χ1v) is 9.20. The average molecular weight is 381 g/mol. The number of hydrogen-bond donors (Lipinski definition) is 0. The molecule has 1 aromatic heterocycles. The second kappa shape index (κ2) is 8.23. The largest absolute Gasteiger partial charge is 0.310 e. The first kappa shape index (κ1) is 18.9. The van der Waals surface area contributed by atoms with Gasteiger partial charge in [0.25, 0.3) is 11.5 Å². The number of rotatable bonds is 5. The molecule has 0 aliphatic heterocycles. The van der Waals surface area contributed by atoms with Crippen molar-refractivity contribution in [1.82, 2.24) is 4.57 Å². The molecule has 0 unspecified atom stereocenters.